The van der Waals surface area contributed by atoms with Gasteiger partial charge in [-0.1, -0.05) is 23.4 Å². The summed E-state index contributed by atoms with van der Waals surface area (Å²) >= 11 is 8.84. The van der Waals surface area contributed by atoms with Crippen molar-refractivity contribution in [3.63, 3.8) is 0 Å². The van der Waals surface area contributed by atoms with Gasteiger partial charge in [-0.25, -0.2) is 9.78 Å². The number of hydrogen-bond acceptors (Lipinski definition) is 4. The molecule has 3 nitrogen and oxygen atoms in total. The summed E-state index contributed by atoms with van der Waals surface area (Å²) in [5, 5.41) is 10.9. The summed E-state index contributed by atoms with van der Waals surface area (Å²) < 4.78 is 0.902. The Morgan fingerprint density at radius 1 is 1.50 bits per heavy atom. The average Bonchev–Trinajstić information content (AvgIpc) is 2.70. The Morgan fingerprint density at radius 3 is 2.88 bits per heavy atom. The summed E-state index contributed by atoms with van der Waals surface area (Å²) in [7, 11) is 0. The Kier molecular flexibility index (Phi) is 3.48. The topological polar surface area (TPSA) is 50.2 Å². The molecule has 0 spiro atoms. The van der Waals surface area contributed by atoms with Gasteiger partial charge in [0.1, 0.15) is 0 Å². The molecule has 2 rings (SSSR count). The second-order valence-electron chi connectivity index (χ2n) is 2.85. The molecule has 0 aliphatic heterocycles. The van der Waals surface area contributed by atoms with Crippen LogP contribution in [0.3, 0.4) is 0 Å². The Balaban J connectivity index is 2.24. The minimum Gasteiger partial charge on any atom is -0.478 e. The molecule has 82 valence electrons. The maximum Gasteiger partial charge on any atom is 0.337 e. The van der Waals surface area contributed by atoms with Crippen LogP contribution in [-0.2, 0) is 0 Å². The van der Waals surface area contributed by atoms with E-state index in [1.54, 1.807) is 18.3 Å². The van der Waals surface area contributed by atoms with E-state index in [4.69, 9.17) is 16.7 Å². The van der Waals surface area contributed by atoms with Gasteiger partial charge in [0.2, 0.25) is 0 Å². The van der Waals surface area contributed by atoms with Gasteiger partial charge in [-0.2, -0.15) is 0 Å². The van der Waals surface area contributed by atoms with Crippen molar-refractivity contribution in [1.29, 1.82) is 0 Å². The number of aromatic nitrogens is 1. The minimum atomic E-state index is -1.02. The third-order valence-electron chi connectivity index (χ3n) is 1.79. The van der Waals surface area contributed by atoms with Crippen LogP contribution < -0.4 is 0 Å². The van der Waals surface area contributed by atoms with Gasteiger partial charge in [0.25, 0.3) is 0 Å². The average molecular weight is 272 g/mol. The lowest BCUT2D eigenvalue weighted by Gasteiger charge is -2.01. The number of carbonyl (C=O) groups is 1. The van der Waals surface area contributed by atoms with E-state index < -0.39 is 5.97 Å². The van der Waals surface area contributed by atoms with Crippen molar-refractivity contribution in [2.24, 2.45) is 0 Å². The maximum absolute atomic E-state index is 10.7. The SMILES string of the molecule is O=C(O)c1ccc(Sc2nccs2)cc1Cl. The van der Waals surface area contributed by atoms with Crippen LogP contribution in [0.25, 0.3) is 0 Å². The van der Waals surface area contributed by atoms with E-state index in [2.05, 4.69) is 4.98 Å². The Labute approximate surface area is 105 Å². The van der Waals surface area contributed by atoms with Crippen molar-refractivity contribution < 1.29 is 9.90 Å². The van der Waals surface area contributed by atoms with Crippen LogP contribution in [0.1, 0.15) is 10.4 Å². The molecule has 0 atom stereocenters. The lowest BCUT2D eigenvalue weighted by atomic mass is 10.2. The van der Waals surface area contributed by atoms with Crippen molar-refractivity contribution in [2.45, 2.75) is 9.24 Å². The first-order chi connectivity index (χ1) is 7.66. The summed E-state index contributed by atoms with van der Waals surface area (Å²) in [5.41, 5.74) is 0.116. The fourth-order valence-electron chi connectivity index (χ4n) is 1.09. The first-order valence-electron chi connectivity index (χ1n) is 4.27. The Hall–Kier alpha value is -1.04. The number of thiazole rings is 1. The number of rotatable bonds is 3. The molecular weight excluding hydrogens is 266 g/mol. The summed E-state index contributed by atoms with van der Waals surface area (Å²) in [6.45, 7) is 0. The maximum atomic E-state index is 10.7. The summed E-state index contributed by atoms with van der Waals surface area (Å²) in [6.07, 6.45) is 1.72. The standard InChI is InChI=1S/C10H6ClNO2S2/c11-8-5-6(1-2-7(8)9(13)14)16-10-12-3-4-15-10/h1-5H,(H,13,14). The molecule has 0 amide bonds. The van der Waals surface area contributed by atoms with Crippen molar-refractivity contribution in [2.75, 3.05) is 0 Å². The molecule has 16 heavy (non-hydrogen) atoms. The third kappa shape index (κ3) is 2.55. The fourth-order valence-corrected chi connectivity index (χ4v) is 3.06. The summed E-state index contributed by atoms with van der Waals surface area (Å²) in [6, 6.07) is 4.86. The molecule has 0 aliphatic carbocycles. The molecule has 0 radical (unpaired) electrons. The second-order valence-corrected chi connectivity index (χ2v) is 5.47. The highest BCUT2D eigenvalue weighted by atomic mass is 35.5. The Morgan fingerprint density at radius 2 is 2.31 bits per heavy atom. The number of aromatic carboxylic acids is 1. The zero-order valence-electron chi connectivity index (χ0n) is 7.88. The van der Waals surface area contributed by atoms with Crippen molar-refractivity contribution in [3.8, 4) is 0 Å². The minimum absolute atomic E-state index is 0.116. The number of carboxylic acid groups (broad SMARTS) is 1. The van der Waals surface area contributed by atoms with Crippen molar-refractivity contribution >= 4 is 40.7 Å². The van der Waals surface area contributed by atoms with Gasteiger partial charge in [0.15, 0.2) is 4.34 Å². The van der Waals surface area contributed by atoms with Gasteiger partial charge in [0.05, 0.1) is 10.6 Å². The van der Waals surface area contributed by atoms with Crippen LogP contribution in [0.2, 0.25) is 5.02 Å². The Bertz CT molecular complexity index is 514. The fraction of sp³-hybridized carbons (Fsp3) is 0. The van der Waals surface area contributed by atoms with E-state index in [0.717, 1.165) is 9.24 Å². The van der Waals surface area contributed by atoms with E-state index in [9.17, 15) is 4.79 Å². The van der Waals surface area contributed by atoms with Crippen molar-refractivity contribution in [3.05, 3.63) is 40.4 Å². The molecule has 1 aromatic heterocycles. The van der Waals surface area contributed by atoms with Crippen LogP contribution in [-0.4, -0.2) is 16.1 Å². The molecule has 0 saturated carbocycles. The number of halogens is 1. The molecule has 0 aliphatic rings. The zero-order chi connectivity index (χ0) is 11.5. The predicted octanol–water partition coefficient (Wildman–Crippen LogP) is 3.65. The van der Waals surface area contributed by atoms with E-state index in [1.807, 2.05) is 5.38 Å². The lowest BCUT2D eigenvalue weighted by Crippen LogP contribution is -1.96. The molecule has 2 aromatic rings. The van der Waals surface area contributed by atoms with Crippen LogP contribution >= 0.6 is 34.7 Å². The van der Waals surface area contributed by atoms with E-state index in [1.165, 1.54) is 29.2 Å². The number of benzene rings is 1. The van der Waals surface area contributed by atoms with Crippen molar-refractivity contribution in [1.82, 2.24) is 4.98 Å². The molecule has 1 aromatic carbocycles. The van der Waals surface area contributed by atoms with Gasteiger partial charge < -0.3 is 5.11 Å². The molecule has 0 fully saturated rings. The van der Waals surface area contributed by atoms with Crippen LogP contribution in [0.5, 0.6) is 0 Å². The summed E-state index contributed by atoms with van der Waals surface area (Å²) in [4.78, 5) is 15.7. The zero-order valence-corrected chi connectivity index (χ0v) is 10.3. The number of nitrogens with zero attached hydrogens (tertiary/aromatic N) is 1. The van der Waals surface area contributed by atoms with Crippen LogP contribution in [0.4, 0.5) is 0 Å². The van der Waals surface area contributed by atoms with Gasteiger partial charge in [-0.05, 0) is 18.2 Å². The van der Waals surface area contributed by atoms with E-state index in [0.29, 0.717) is 0 Å². The molecule has 0 bridgehead atoms. The molecule has 0 unspecified atom stereocenters. The molecule has 1 N–H and O–H groups in total. The predicted molar refractivity (Wildman–Crippen MR) is 64.6 cm³/mol. The largest absolute Gasteiger partial charge is 0.478 e. The summed E-state index contributed by atoms with van der Waals surface area (Å²) in [5.74, 6) is -1.02. The lowest BCUT2D eigenvalue weighted by molar-refractivity contribution is 0.0697. The van der Waals surface area contributed by atoms with Gasteiger partial charge >= 0.3 is 5.97 Å². The monoisotopic (exact) mass is 271 g/mol. The smallest absolute Gasteiger partial charge is 0.337 e. The molecule has 6 heteroatoms. The first-order valence-corrected chi connectivity index (χ1v) is 6.34. The second kappa shape index (κ2) is 4.86. The van der Waals surface area contributed by atoms with Crippen LogP contribution in [0.15, 0.2) is 39.0 Å². The molecule has 1 heterocycles. The number of carboxylic acids is 1. The van der Waals surface area contributed by atoms with Gasteiger partial charge in [-0.15, -0.1) is 11.3 Å². The first kappa shape index (κ1) is 11.4. The quantitative estimate of drug-likeness (QED) is 0.926. The highest BCUT2D eigenvalue weighted by Crippen LogP contribution is 2.31. The molecular formula is C10H6ClNO2S2. The molecule has 0 saturated heterocycles. The van der Waals surface area contributed by atoms with E-state index in [-0.39, 0.29) is 10.6 Å². The normalized spacial score (nSPS) is 10.3. The number of hydrogen-bond donors (Lipinski definition) is 1. The van der Waals surface area contributed by atoms with Gasteiger partial charge in [-0.3, -0.25) is 0 Å². The highest BCUT2D eigenvalue weighted by molar-refractivity contribution is 8.01. The van der Waals surface area contributed by atoms with E-state index >= 15 is 0 Å². The highest BCUT2D eigenvalue weighted by Gasteiger charge is 2.09. The van der Waals surface area contributed by atoms with Gasteiger partial charge in [0, 0.05) is 16.5 Å². The van der Waals surface area contributed by atoms with Crippen LogP contribution in [0, 0.1) is 0 Å². The third-order valence-corrected chi connectivity index (χ3v) is 3.97.